The summed E-state index contributed by atoms with van der Waals surface area (Å²) < 4.78 is 5.53. The third kappa shape index (κ3) is 4.53. The van der Waals surface area contributed by atoms with Crippen molar-refractivity contribution in [3.05, 3.63) is 36.0 Å². The van der Waals surface area contributed by atoms with E-state index in [0.717, 1.165) is 55.6 Å². The molecule has 5 nitrogen and oxygen atoms in total. The fourth-order valence-corrected chi connectivity index (χ4v) is 4.48. The first-order valence-corrected chi connectivity index (χ1v) is 10.5. The van der Waals surface area contributed by atoms with Crippen molar-refractivity contribution >= 4 is 16.8 Å². The number of rotatable bonds is 6. The second kappa shape index (κ2) is 8.89. The Kier molecular flexibility index (Phi) is 6.10. The molecule has 0 radical (unpaired) electrons. The minimum absolute atomic E-state index is 0.253. The fraction of sp³-hybridized carbons (Fsp3) is 0.591. The number of carbonyl (C=O) groups is 1. The number of H-pyrrole nitrogens is 1. The van der Waals surface area contributed by atoms with Gasteiger partial charge in [0, 0.05) is 49.4 Å². The van der Waals surface area contributed by atoms with E-state index in [1.54, 1.807) is 0 Å². The van der Waals surface area contributed by atoms with Gasteiger partial charge in [0.1, 0.15) is 0 Å². The second-order valence-corrected chi connectivity index (χ2v) is 7.87. The number of hydrogen-bond donors (Lipinski definition) is 1. The van der Waals surface area contributed by atoms with Crippen molar-refractivity contribution in [3.8, 4) is 0 Å². The molecule has 3 heterocycles. The minimum atomic E-state index is 0.253. The van der Waals surface area contributed by atoms with E-state index in [2.05, 4.69) is 26.9 Å². The molecule has 0 saturated carbocycles. The maximum Gasteiger partial charge on any atom is 0.227 e. The van der Waals surface area contributed by atoms with Crippen molar-refractivity contribution < 1.29 is 9.53 Å². The quantitative estimate of drug-likeness (QED) is 0.851. The summed E-state index contributed by atoms with van der Waals surface area (Å²) in [5, 5.41) is 1.16. The van der Waals surface area contributed by atoms with Gasteiger partial charge in [-0.15, -0.1) is 0 Å². The predicted octanol–water partition coefficient (Wildman–Crippen LogP) is 3.20. The van der Waals surface area contributed by atoms with Crippen LogP contribution in [0.15, 0.2) is 30.5 Å². The van der Waals surface area contributed by atoms with E-state index in [-0.39, 0.29) is 5.91 Å². The predicted molar refractivity (Wildman–Crippen MR) is 108 cm³/mol. The average Bonchev–Trinajstić information content (AvgIpc) is 3.13. The number of nitrogens with zero attached hydrogens (tertiary/aromatic N) is 2. The number of amides is 1. The van der Waals surface area contributed by atoms with Gasteiger partial charge in [0.05, 0.1) is 6.42 Å². The van der Waals surface area contributed by atoms with Crippen molar-refractivity contribution in [2.75, 3.05) is 39.4 Å². The van der Waals surface area contributed by atoms with Crippen molar-refractivity contribution in [2.45, 2.75) is 44.6 Å². The molecule has 27 heavy (non-hydrogen) atoms. The summed E-state index contributed by atoms with van der Waals surface area (Å²) in [6.07, 6.45) is 8.32. The van der Waals surface area contributed by atoms with Gasteiger partial charge in [-0.2, -0.15) is 0 Å². The summed E-state index contributed by atoms with van der Waals surface area (Å²) in [7, 11) is 0. The van der Waals surface area contributed by atoms with Gasteiger partial charge in [-0.25, -0.2) is 0 Å². The summed E-state index contributed by atoms with van der Waals surface area (Å²) in [4.78, 5) is 21.2. The molecule has 2 aliphatic heterocycles. The van der Waals surface area contributed by atoms with Gasteiger partial charge in [0.15, 0.2) is 0 Å². The van der Waals surface area contributed by atoms with Crippen LogP contribution in [0.4, 0.5) is 0 Å². The lowest BCUT2D eigenvalue weighted by Gasteiger charge is -2.36. The third-order valence-corrected chi connectivity index (χ3v) is 6.07. The molecule has 2 aromatic rings. The van der Waals surface area contributed by atoms with Crippen LogP contribution in [-0.2, 0) is 16.0 Å². The standard InChI is InChI=1S/C22H31N3O2/c26-22(16-18-17-23-21-7-3-2-6-20(18)21)25(19-8-14-27-15-9-19)13-12-24-10-4-1-5-11-24/h2-3,6-7,17,19,23H,1,4-5,8-16H2. The fourth-order valence-electron chi connectivity index (χ4n) is 4.48. The highest BCUT2D eigenvalue weighted by Crippen LogP contribution is 2.21. The first-order chi connectivity index (χ1) is 13.3. The van der Waals surface area contributed by atoms with Gasteiger partial charge in [0.2, 0.25) is 5.91 Å². The molecule has 1 aromatic carbocycles. The van der Waals surface area contributed by atoms with Gasteiger partial charge in [-0.1, -0.05) is 24.6 Å². The Morgan fingerprint density at radius 2 is 1.93 bits per heavy atom. The summed E-state index contributed by atoms with van der Waals surface area (Å²) in [5.74, 6) is 0.253. The molecule has 1 N–H and O–H groups in total. The zero-order valence-electron chi connectivity index (χ0n) is 16.2. The Morgan fingerprint density at radius 3 is 2.74 bits per heavy atom. The molecule has 0 spiro atoms. The smallest absolute Gasteiger partial charge is 0.227 e. The Bertz CT molecular complexity index is 745. The highest BCUT2D eigenvalue weighted by molar-refractivity contribution is 5.89. The van der Waals surface area contributed by atoms with Crippen molar-refractivity contribution in [1.82, 2.24) is 14.8 Å². The van der Waals surface area contributed by atoms with Gasteiger partial charge in [-0.05, 0) is 50.4 Å². The summed E-state index contributed by atoms with van der Waals surface area (Å²) >= 11 is 0. The molecule has 0 bridgehead atoms. The molecule has 0 atom stereocenters. The lowest BCUT2D eigenvalue weighted by molar-refractivity contribution is -0.135. The van der Waals surface area contributed by atoms with E-state index in [0.29, 0.717) is 12.5 Å². The van der Waals surface area contributed by atoms with Crippen molar-refractivity contribution in [1.29, 1.82) is 0 Å². The van der Waals surface area contributed by atoms with E-state index in [1.807, 2.05) is 18.3 Å². The van der Waals surface area contributed by atoms with Crippen LogP contribution in [0.5, 0.6) is 0 Å². The number of para-hydroxylation sites is 1. The number of carbonyl (C=O) groups excluding carboxylic acids is 1. The molecule has 5 heteroatoms. The second-order valence-electron chi connectivity index (χ2n) is 7.87. The Morgan fingerprint density at radius 1 is 1.15 bits per heavy atom. The van der Waals surface area contributed by atoms with Gasteiger partial charge >= 0.3 is 0 Å². The Balaban J connectivity index is 1.45. The highest BCUT2D eigenvalue weighted by Gasteiger charge is 2.27. The van der Waals surface area contributed by atoms with Crippen LogP contribution >= 0.6 is 0 Å². The first-order valence-electron chi connectivity index (χ1n) is 10.5. The van der Waals surface area contributed by atoms with Crippen LogP contribution in [0.1, 0.15) is 37.7 Å². The van der Waals surface area contributed by atoms with Crippen LogP contribution in [0.2, 0.25) is 0 Å². The zero-order chi connectivity index (χ0) is 18.5. The number of fused-ring (bicyclic) bond motifs is 1. The number of aromatic amines is 1. The van der Waals surface area contributed by atoms with Crippen molar-refractivity contribution in [3.63, 3.8) is 0 Å². The van der Waals surface area contributed by atoms with E-state index in [1.165, 1.54) is 32.4 Å². The molecule has 1 amide bonds. The number of hydrogen-bond acceptors (Lipinski definition) is 3. The van der Waals surface area contributed by atoms with E-state index >= 15 is 0 Å². The van der Waals surface area contributed by atoms with Gasteiger partial charge in [-0.3, -0.25) is 4.79 Å². The van der Waals surface area contributed by atoms with Crippen molar-refractivity contribution in [2.24, 2.45) is 0 Å². The van der Waals surface area contributed by atoms with Crippen LogP contribution in [0, 0.1) is 0 Å². The third-order valence-electron chi connectivity index (χ3n) is 6.07. The highest BCUT2D eigenvalue weighted by atomic mass is 16.5. The maximum atomic E-state index is 13.3. The Labute approximate surface area is 161 Å². The van der Waals surface area contributed by atoms with Crippen LogP contribution in [0.25, 0.3) is 10.9 Å². The molecule has 2 aliphatic rings. The first kappa shape index (κ1) is 18.5. The van der Waals surface area contributed by atoms with Crippen LogP contribution in [-0.4, -0.2) is 66.1 Å². The van der Waals surface area contributed by atoms with Crippen LogP contribution in [0.3, 0.4) is 0 Å². The van der Waals surface area contributed by atoms with E-state index in [4.69, 9.17) is 4.74 Å². The largest absolute Gasteiger partial charge is 0.381 e. The summed E-state index contributed by atoms with van der Waals surface area (Å²) in [5.41, 5.74) is 2.21. The normalized spacial score (nSPS) is 19.4. The minimum Gasteiger partial charge on any atom is -0.381 e. The lowest BCUT2D eigenvalue weighted by atomic mass is 10.0. The molecular formula is C22H31N3O2. The summed E-state index contributed by atoms with van der Waals surface area (Å²) in [6.45, 7) is 5.73. The van der Waals surface area contributed by atoms with Crippen LogP contribution < -0.4 is 0 Å². The number of nitrogens with one attached hydrogen (secondary N) is 1. The number of ether oxygens (including phenoxy) is 1. The Hall–Kier alpha value is -1.85. The van der Waals surface area contributed by atoms with E-state index in [9.17, 15) is 4.79 Å². The van der Waals surface area contributed by atoms with Gasteiger partial charge < -0.3 is 19.5 Å². The monoisotopic (exact) mass is 369 g/mol. The zero-order valence-corrected chi connectivity index (χ0v) is 16.2. The number of aromatic nitrogens is 1. The molecule has 0 aliphatic carbocycles. The molecule has 1 aromatic heterocycles. The van der Waals surface area contributed by atoms with E-state index < -0.39 is 0 Å². The summed E-state index contributed by atoms with van der Waals surface area (Å²) in [6, 6.07) is 8.55. The SMILES string of the molecule is O=C(Cc1c[nH]c2ccccc12)N(CCN1CCCCC1)C1CCOCC1. The number of benzene rings is 1. The molecule has 146 valence electrons. The topological polar surface area (TPSA) is 48.6 Å². The molecule has 2 saturated heterocycles. The molecule has 4 rings (SSSR count). The molecular weight excluding hydrogens is 338 g/mol. The lowest BCUT2D eigenvalue weighted by Crippen LogP contribution is -2.48. The number of likely N-dealkylation sites (tertiary alicyclic amines) is 1. The maximum absolute atomic E-state index is 13.3. The number of piperidine rings is 1. The molecule has 0 unspecified atom stereocenters. The molecule has 2 fully saturated rings. The van der Waals surface area contributed by atoms with Gasteiger partial charge in [0.25, 0.3) is 0 Å². The average molecular weight is 370 g/mol.